The molecule has 0 bridgehead atoms. The Hall–Kier alpha value is -2.07. The number of hydrogen-bond acceptors (Lipinski definition) is 3. The number of carbonyl (C=O) groups is 1. The molecule has 106 valence electrons. The van der Waals surface area contributed by atoms with Gasteiger partial charge in [-0.05, 0) is 30.9 Å². The highest BCUT2D eigenvalue weighted by atomic mass is 16.5. The van der Waals surface area contributed by atoms with Gasteiger partial charge in [-0.15, -0.1) is 0 Å². The highest BCUT2D eigenvalue weighted by Crippen LogP contribution is 2.27. The van der Waals surface area contributed by atoms with Gasteiger partial charge in [0.2, 0.25) is 0 Å². The van der Waals surface area contributed by atoms with Gasteiger partial charge in [-0.3, -0.25) is 0 Å². The zero-order valence-corrected chi connectivity index (χ0v) is 11.7. The Balaban J connectivity index is 2.35. The Labute approximate surface area is 118 Å². The van der Waals surface area contributed by atoms with Crippen LogP contribution in [0.2, 0.25) is 0 Å². The van der Waals surface area contributed by atoms with Crippen molar-refractivity contribution in [2.45, 2.75) is 19.4 Å². The van der Waals surface area contributed by atoms with Gasteiger partial charge in [0.05, 0.1) is 5.56 Å². The van der Waals surface area contributed by atoms with E-state index in [1.54, 1.807) is 13.2 Å². The van der Waals surface area contributed by atoms with Crippen LogP contribution >= 0.6 is 0 Å². The summed E-state index contributed by atoms with van der Waals surface area (Å²) in [7, 11) is 1.68. The van der Waals surface area contributed by atoms with E-state index in [1.165, 1.54) is 0 Å². The molecule has 4 heteroatoms. The average molecular weight is 273 g/mol. The lowest BCUT2D eigenvalue weighted by atomic mass is 10.0. The molecule has 2 N–H and O–H groups in total. The fraction of sp³-hybridized carbons (Fsp3) is 0.312. The average Bonchev–Trinajstić information content (AvgIpc) is 2.45. The van der Waals surface area contributed by atoms with E-state index < -0.39 is 5.97 Å². The topological polar surface area (TPSA) is 58.6 Å². The first kappa shape index (κ1) is 14.3. The number of hydrogen-bond donors (Lipinski definition) is 2. The van der Waals surface area contributed by atoms with Crippen LogP contribution in [0.4, 0.5) is 5.69 Å². The molecule has 0 aliphatic heterocycles. The van der Waals surface area contributed by atoms with E-state index in [2.05, 4.69) is 12.2 Å². The number of rotatable bonds is 6. The Kier molecular flexibility index (Phi) is 4.58. The van der Waals surface area contributed by atoms with E-state index in [1.807, 2.05) is 30.3 Å². The minimum Gasteiger partial charge on any atom is -0.478 e. The maximum Gasteiger partial charge on any atom is 0.336 e. The number of methoxy groups -OCH3 is 1. The molecule has 0 radical (unpaired) electrons. The molecule has 2 aromatic carbocycles. The second-order valence-electron chi connectivity index (χ2n) is 4.84. The molecule has 0 aliphatic carbocycles. The summed E-state index contributed by atoms with van der Waals surface area (Å²) in [5, 5.41) is 14.3. The molecular weight excluding hydrogens is 254 g/mol. The van der Waals surface area contributed by atoms with Crippen molar-refractivity contribution < 1.29 is 14.6 Å². The molecule has 0 amide bonds. The predicted molar refractivity (Wildman–Crippen MR) is 80.5 cm³/mol. The summed E-state index contributed by atoms with van der Waals surface area (Å²) >= 11 is 0. The lowest BCUT2D eigenvalue weighted by Crippen LogP contribution is -2.17. The van der Waals surface area contributed by atoms with Crippen LogP contribution in [0, 0.1) is 0 Å². The van der Waals surface area contributed by atoms with Crippen LogP contribution in [0.1, 0.15) is 23.7 Å². The molecule has 0 saturated carbocycles. The summed E-state index contributed by atoms with van der Waals surface area (Å²) in [5.74, 6) is -0.903. The molecule has 0 heterocycles. The van der Waals surface area contributed by atoms with E-state index in [-0.39, 0.29) is 6.04 Å². The third-order valence-corrected chi connectivity index (χ3v) is 3.31. The van der Waals surface area contributed by atoms with Crippen LogP contribution in [-0.2, 0) is 4.74 Å². The van der Waals surface area contributed by atoms with E-state index in [9.17, 15) is 9.90 Å². The van der Waals surface area contributed by atoms with Crippen molar-refractivity contribution in [3.63, 3.8) is 0 Å². The van der Waals surface area contributed by atoms with Gasteiger partial charge in [-0.25, -0.2) is 4.79 Å². The van der Waals surface area contributed by atoms with Crippen molar-refractivity contribution in [3.8, 4) is 0 Å². The fourth-order valence-electron chi connectivity index (χ4n) is 2.24. The maximum atomic E-state index is 11.3. The van der Waals surface area contributed by atoms with Crippen molar-refractivity contribution in [1.82, 2.24) is 0 Å². The first-order valence-corrected chi connectivity index (χ1v) is 6.64. The third kappa shape index (κ3) is 3.08. The van der Waals surface area contributed by atoms with Crippen LogP contribution < -0.4 is 5.32 Å². The molecule has 20 heavy (non-hydrogen) atoms. The molecule has 0 aromatic heterocycles. The summed E-state index contributed by atoms with van der Waals surface area (Å²) in [6, 6.07) is 11.3. The lowest BCUT2D eigenvalue weighted by Gasteiger charge is -2.17. The monoisotopic (exact) mass is 273 g/mol. The molecular formula is C16H19NO3. The molecule has 0 spiro atoms. The lowest BCUT2D eigenvalue weighted by molar-refractivity contribution is 0.0699. The van der Waals surface area contributed by atoms with Crippen molar-refractivity contribution in [2.24, 2.45) is 0 Å². The van der Waals surface area contributed by atoms with Crippen molar-refractivity contribution in [2.75, 3.05) is 19.0 Å². The van der Waals surface area contributed by atoms with Crippen LogP contribution in [0.25, 0.3) is 10.8 Å². The largest absolute Gasteiger partial charge is 0.478 e. The minimum atomic E-state index is -0.903. The highest BCUT2D eigenvalue weighted by Gasteiger charge is 2.12. The maximum absolute atomic E-state index is 11.3. The minimum absolute atomic E-state index is 0.258. The normalized spacial score (nSPS) is 12.3. The van der Waals surface area contributed by atoms with Crippen molar-refractivity contribution in [3.05, 3.63) is 42.0 Å². The van der Waals surface area contributed by atoms with E-state index in [0.717, 1.165) is 22.9 Å². The van der Waals surface area contributed by atoms with E-state index in [4.69, 9.17) is 4.74 Å². The standard InChI is InChI=1S/C16H19NO3/c1-11(9-10-20-2)17-15-8-7-14(16(18)19)12-5-3-4-6-13(12)15/h3-8,11,17H,9-10H2,1-2H3,(H,18,19). The van der Waals surface area contributed by atoms with Gasteiger partial charge in [-0.2, -0.15) is 0 Å². The van der Waals surface area contributed by atoms with Gasteiger partial charge in [0.15, 0.2) is 0 Å². The van der Waals surface area contributed by atoms with Crippen LogP contribution in [0.3, 0.4) is 0 Å². The zero-order chi connectivity index (χ0) is 14.5. The summed E-state index contributed by atoms with van der Waals surface area (Å²) < 4.78 is 5.07. The van der Waals surface area contributed by atoms with Gasteiger partial charge in [0.1, 0.15) is 0 Å². The molecule has 4 nitrogen and oxygen atoms in total. The number of aromatic carboxylic acids is 1. The Morgan fingerprint density at radius 2 is 1.95 bits per heavy atom. The smallest absolute Gasteiger partial charge is 0.336 e. The van der Waals surface area contributed by atoms with E-state index >= 15 is 0 Å². The number of carboxylic acid groups (broad SMARTS) is 1. The zero-order valence-electron chi connectivity index (χ0n) is 11.7. The number of fused-ring (bicyclic) bond motifs is 1. The molecule has 1 atom stereocenters. The molecule has 0 saturated heterocycles. The van der Waals surface area contributed by atoms with Gasteiger partial charge in [0.25, 0.3) is 0 Å². The number of benzene rings is 2. The fourth-order valence-corrected chi connectivity index (χ4v) is 2.24. The molecule has 2 rings (SSSR count). The molecule has 1 unspecified atom stereocenters. The Bertz CT molecular complexity index is 610. The number of anilines is 1. The van der Waals surface area contributed by atoms with Crippen LogP contribution in [0.15, 0.2) is 36.4 Å². The second kappa shape index (κ2) is 6.39. The second-order valence-corrected chi connectivity index (χ2v) is 4.84. The predicted octanol–water partition coefficient (Wildman–Crippen LogP) is 3.37. The van der Waals surface area contributed by atoms with Crippen LogP contribution in [0.5, 0.6) is 0 Å². The first-order valence-electron chi connectivity index (χ1n) is 6.64. The summed E-state index contributed by atoms with van der Waals surface area (Å²) in [6.45, 7) is 2.78. The van der Waals surface area contributed by atoms with Gasteiger partial charge in [-0.1, -0.05) is 24.3 Å². The van der Waals surface area contributed by atoms with Gasteiger partial charge < -0.3 is 15.2 Å². The number of ether oxygens (including phenoxy) is 1. The number of carboxylic acids is 1. The van der Waals surface area contributed by atoms with Gasteiger partial charge in [0, 0.05) is 30.8 Å². The molecule has 2 aromatic rings. The van der Waals surface area contributed by atoms with E-state index in [0.29, 0.717) is 12.2 Å². The SMILES string of the molecule is COCCC(C)Nc1ccc(C(=O)O)c2ccccc12. The number of nitrogens with one attached hydrogen (secondary N) is 1. The molecule has 0 fully saturated rings. The molecule has 0 aliphatic rings. The van der Waals surface area contributed by atoms with Crippen LogP contribution in [-0.4, -0.2) is 30.8 Å². The highest BCUT2D eigenvalue weighted by molar-refractivity contribution is 6.07. The Morgan fingerprint density at radius 3 is 2.60 bits per heavy atom. The quantitative estimate of drug-likeness (QED) is 0.847. The summed E-state index contributed by atoms with van der Waals surface area (Å²) in [5.41, 5.74) is 1.28. The first-order chi connectivity index (χ1) is 9.63. The van der Waals surface area contributed by atoms with Crippen molar-refractivity contribution >= 4 is 22.4 Å². The summed E-state index contributed by atoms with van der Waals surface area (Å²) in [4.78, 5) is 11.3. The van der Waals surface area contributed by atoms with Crippen molar-refractivity contribution in [1.29, 1.82) is 0 Å². The van der Waals surface area contributed by atoms with Gasteiger partial charge >= 0.3 is 5.97 Å². The Morgan fingerprint density at radius 1 is 1.25 bits per heavy atom. The summed E-state index contributed by atoms with van der Waals surface area (Å²) in [6.07, 6.45) is 0.894. The third-order valence-electron chi connectivity index (χ3n) is 3.31.